The second kappa shape index (κ2) is 3.83. The first-order chi connectivity index (χ1) is 4.42. The Morgan fingerprint density at radius 2 is 2.10 bits per heavy atom. The maximum atomic E-state index is 10.2. The number of phosphoric ester groups is 1. The van der Waals surface area contributed by atoms with Crippen molar-refractivity contribution < 1.29 is 23.7 Å². The van der Waals surface area contributed by atoms with E-state index in [-0.39, 0.29) is 18.8 Å². The average Bonchev–Trinajstić information content (AvgIpc) is 1.59. The summed E-state index contributed by atoms with van der Waals surface area (Å²) in [6.07, 6.45) is 0.0328. The molecule has 0 fully saturated rings. The maximum absolute atomic E-state index is 10.2. The lowest BCUT2D eigenvalue weighted by atomic mass is 10.3. The minimum atomic E-state index is -4.37. The highest BCUT2D eigenvalue weighted by atomic mass is 31.2. The van der Waals surface area contributed by atoms with Gasteiger partial charge in [0.1, 0.15) is 5.78 Å². The average molecular weight is 168 g/mol. The molecule has 0 aliphatic heterocycles. The Bertz CT molecular complexity index is 159. The van der Waals surface area contributed by atoms with Crippen molar-refractivity contribution in [1.29, 1.82) is 0 Å². The van der Waals surface area contributed by atoms with E-state index in [2.05, 4.69) is 4.52 Å². The van der Waals surface area contributed by atoms with Gasteiger partial charge in [-0.1, -0.05) is 0 Å². The van der Waals surface area contributed by atoms with E-state index >= 15 is 0 Å². The van der Waals surface area contributed by atoms with Gasteiger partial charge in [-0.3, -0.25) is 9.32 Å². The molecule has 60 valence electrons. The van der Waals surface area contributed by atoms with Gasteiger partial charge < -0.3 is 9.79 Å². The molecule has 2 N–H and O–H groups in total. The smallest absolute Gasteiger partial charge is 0.303 e. The van der Waals surface area contributed by atoms with Crippen LogP contribution >= 0.6 is 7.82 Å². The van der Waals surface area contributed by atoms with Gasteiger partial charge in [0.25, 0.3) is 0 Å². The molecular weight excluding hydrogens is 159 g/mol. The highest BCUT2D eigenvalue weighted by molar-refractivity contribution is 7.46. The number of rotatable bonds is 4. The number of ketones is 1. The fraction of sp³-hybridized carbons (Fsp3) is 0.750. The zero-order chi connectivity index (χ0) is 8.20. The van der Waals surface area contributed by atoms with Gasteiger partial charge in [-0.05, 0) is 6.92 Å². The van der Waals surface area contributed by atoms with Gasteiger partial charge in [0.2, 0.25) is 0 Å². The third-order valence-corrected chi connectivity index (χ3v) is 1.23. The number of carbonyl (C=O) groups is 1. The van der Waals surface area contributed by atoms with Crippen molar-refractivity contribution in [3.05, 3.63) is 0 Å². The largest absolute Gasteiger partial charge is 0.469 e. The van der Waals surface area contributed by atoms with Crippen LogP contribution in [0.25, 0.3) is 0 Å². The highest BCUT2D eigenvalue weighted by Gasteiger charge is 2.12. The van der Waals surface area contributed by atoms with Crippen molar-refractivity contribution in [2.45, 2.75) is 13.3 Å². The summed E-state index contributed by atoms with van der Waals surface area (Å²) in [4.78, 5) is 26.4. The summed E-state index contributed by atoms with van der Waals surface area (Å²) >= 11 is 0. The number of hydrogen-bond acceptors (Lipinski definition) is 3. The molecule has 0 aliphatic carbocycles. The van der Waals surface area contributed by atoms with Gasteiger partial charge in [0.05, 0.1) is 6.61 Å². The Balaban J connectivity index is 3.39. The molecule has 10 heavy (non-hydrogen) atoms. The molecule has 6 heteroatoms. The normalized spacial score (nSPS) is 11.5. The van der Waals surface area contributed by atoms with E-state index in [0.717, 1.165) is 0 Å². The standard InChI is InChI=1S/C4H9O5P/c1-4(5)2-3-9-10(6,7)8/h2-3H2,1H3,(H2,6,7,8). The maximum Gasteiger partial charge on any atom is 0.469 e. The summed E-state index contributed by atoms with van der Waals surface area (Å²) in [6, 6.07) is 0. The quantitative estimate of drug-likeness (QED) is 0.580. The second-order valence-electron chi connectivity index (χ2n) is 1.78. The van der Waals surface area contributed by atoms with E-state index in [4.69, 9.17) is 9.79 Å². The van der Waals surface area contributed by atoms with E-state index in [0.29, 0.717) is 0 Å². The zero-order valence-electron chi connectivity index (χ0n) is 5.48. The Kier molecular flexibility index (Phi) is 3.75. The minimum Gasteiger partial charge on any atom is -0.303 e. The highest BCUT2D eigenvalue weighted by Crippen LogP contribution is 2.35. The molecule has 0 aromatic heterocycles. The summed E-state index contributed by atoms with van der Waals surface area (Å²) in [5.74, 6) is -0.159. The Morgan fingerprint density at radius 1 is 1.60 bits per heavy atom. The molecule has 0 atom stereocenters. The number of carbonyl (C=O) groups excluding carboxylic acids is 1. The van der Waals surface area contributed by atoms with Crippen molar-refractivity contribution in [3.63, 3.8) is 0 Å². The summed E-state index contributed by atoms with van der Waals surface area (Å²) < 4.78 is 14.0. The Hall–Kier alpha value is -0.220. The van der Waals surface area contributed by atoms with Gasteiger partial charge in [-0.15, -0.1) is 0 Å². The Morgan fingerprint density at radius 3 is 2.40 bits per heavy atom. The molecule has 0 amide bonds. The second-order valence-corrected chi connectivity index (χ2v) is 3.02. The van der Waals surface area contributed by atoms with Crippen LogP contribution in [0.1, 0.15) is 13.3 Å². The van der Waals surface area contributed by atoms with Crippen LogP contribution in [0, 0.1) is 0 Å². The summed E-state index contributed by atoms with van der Waals surface area (Å²) in [6.45, 7) is 1.10. The molecule has 0 heterocycles. The number of phosphoric acid groups is 1. The van der Waals surface area contributed by atoms with E-state index in [9.17, 15) is 9.36 Å². The molecule has 0 aromatic rings. The minimum absolute atomic E-state index is 0.0328. The van der Waals surface area contributed by atoms with Gasteiger partial charge in [0, 0.05) is 6.42 Å². The van der Waals surface area contributed by atoms with Crippen LogP contribution in [0.4, 0.5) is 0 Å². The number of hydrogen-bond donors (Lipinski definition) is 2. The van der Waals surface area contributed by atoms with Gasteiger partial charge in [0.15, 0.2) is 0 Å². The van der Waals surface area contributed by atoms with Gasteiger partial charge in [-0.25, -0.2) is 4.57 Å². The molecule has 0 spiro atoms. The predicted molar refractivity (Wildman–Crippen MR) is 33.3 cm³/mol. The molecule has 0 rings (SSSR count). The van der Waals surface area contributed by atoms with Crippen LogP contribution in [-0.4, -0.2) is 22.2 Å². The molecule has 0 aromatic carbocycles. The van der Waals surface area contributed by atoms with Crippen LogP contribution < -0.4 is 0 Å². The SMILES string of the molecule is CC(=O)CCOP(=O)(O)O. The third-order valence-electron chi connectivity index (χ3n) is 0.714. The molecule has 0 radical (unpaired) electrons. The summed E-state index contributed by atoms with van der Waals surface area (Å²) in [5, 5.41) is 0. The van der Waals surface area contributed by atoms with E-state index in [1.54, 1.807) is 0 Å². The molecular formula is C4H9O5P. The molecule has 0 bridgehead atoms. The van der Waals surface area contributed by atoms with Crippen LogP contribution in [0.3, 0.4) is 0 Å². The van der Waals surface area contributed by atoms with Crippen molar-refractivity contribution in [3.8, 4) is 0 Å². The predicted octanol–water partition coefficient (Wildman–Crippen LogP) is 0.0748. The third kappa shape index (κ3) is 7.78. The topological polar surface area (TPSA) is 83.8 Å². The monoisotopic (exact) mass is 168 g/mol. The van der Waals surface area contributed by atoms with Crippen molar-refractivity contribution in [2.75, 3.05) is 6.61 Å². The first-order valence-electron chi connectivity index (χ1n) is 2.61. The molecule has 0 unspecified atom stereocenters. The van der Waals surface area contributed by atoms with E-state index in [1.807, 2.05) is 0 Å². The van der Waals surface area contributed by atoms with Gasteiger partial charge in [-0.2, -0.15) is 0 Å². The van der Waals surface area contributed by atoms with E-state index < -0.39 is 7.82 Å². The fourth-order valence-electron chi connectivity index (χ4n) is 0.308. The molecule has 0 aliphatic rings. The van der Waals surface area contributed by atoms with E-state index in [1.165, 1.54) is 6.92 Å². The van der Waals surface area contributed by atoms with Crippen molar-refractivity contribution in [1.82, 2.24) is 0 Å². The zero-order valence-corrected chi connectivity index (χ0v) is 6.38. The first kappa shape index (κ1) is 9.78. The molecule has 0 saturated carbocycles. The number of Topliss-reactive ketones (excluding diaryl/α,β-unsaturated/α-hetero) is 1. The lowest BCUT2D eigenvalue weighted by Crippen LogP contribution is -1.98. The lowest BCUT2D eigenvalue weighted by molar-refractivity contribution is -0.117. The van der Waals surface area contributed by atoms with Gasteiger partial charge >= 0.3 is 7.82 Å². The summed E-state index contributed by atoms with van der Waals surface area (Å²) in [7, 11) is -4.37. The summed E-state index contributed by atoms with van der Waals surface area (Å²) in [5.41, 5.74) is 0. The van der Waals surface area contributed by atoms with Crippen LogP contribution in [0.5, 0.6) is 0 Å². The first-order valence-corrected chi connectivity index (χ1v) is 4.14. The Labute approximate surface area is 58.2 Å². The lowest BCUT2D eigenvalue weighted by Gasteiger charge is -2.01. The molecule has 0 saturated heterocycles. The van der Waals surface area contributed by atoms with Crippen molar-refractivity contribution >= 4 is 13.6 Å². The van der Waals surface area contributed by atoms with Crippen LogP contribution in [-0.2, 0) is 13.9 Å². The van der Waals surface area contributed by atoms with Crippen molar-refractivity contribution in [2.24, 2.45) is 0 Å². The van der Waals surface area contributed by atoms with Crippen LogP contribution in [0.15, 0.2) is 0 Å². The molecule has 5 nitrogen and oxygen atoms in total. The fourth-order valence-corrected chi connectivity index (χ4v) is 0.637. The van der Waals surface area contributed by atoms with Crippen LogP contribution in [0.2, 0.25) is 0 Å².